The van der Waals surface area contributed by atoms with E-state index in [1.165, 1.54) is 12.1 Å². The van der Waals surface area contributed by atoms with Crippen LogP contribution in [0.5, 0.6) is 0 Å². The number of hydrogen-bond acceptors (Lipinski definition) is 6. The zero-order valence-corrected chi connectivity index (χ0v) is 24.9. The molecule has 0 saturated carbocycles. The molecule has 2 aliphatic heterocycles. The summed E-state index contributed by atoms with van der Waals surface area (Å²) in [5.74, 6) is 0.795. The lowest BCUT2D eigenvalue weighted by molar-refractivity contribution is -0.130. The van der Waals surface area contributed by atoms with Crippen molar-refractivity contribution in [2.45, 2.75) is 52.1 Å². The molecule has 2 atom stereocenters. The van der Waals surface area contributed by atoms with Gasteiger partial charge in [-0.25, -0.2) is 14.4 Å². The fourth-order valence-electron chi connectivity index (χ4n) is 5.73. The molecule has 2 N–H and O–H groups in total. The van der Waals surface area contributed by atoms with Crippen LogP contribution in [0, 0.1) is 5.82 Å². The number of rotatable bonds is 3. The van der Waals surface area contributed by atoms with E-state index >= 15 is 4.39 Å². The lowest BCUT2D eigenvalue weighted by Crippen LogP contribution is -2.59. The van der Waals surface area contributed by atoms with Crippen molar-refractivity contribution < 1.29 is 9.18 Å². The van der Waals surface area contributed by atoms with E-state index in [1.807, 2.05) is 30.0 Å². The van der Waals surface area contributed by atoms with Crippen LogP contribution in [-0.4, -0.2) is 58.4 Å². The molecule has 0 radical (unpaired) electrons. The molecule has 3 heterocycles. The first-order chi connectivity index (χ1) is 19.4. The van der Waals surface area contributed by atoms with Gasteiger partial charge in [0.05, 0.1) is 21.8 Å². The van der Waals surface area contributed by atoms with Crippen LogP contribution in [0.4, 0.5) is 21.6 Å². The number of amidine groups is 1. The van der Waals surface area contributed by atoms with E-state index in [2.05, 4.69) is 56.2 Å². The number of anilines is 3. The number of nitrogens with zero attached hydrogens (tertiary/aromatic N) is 5. The van der Waals surface area contributed by atoms with Gasteiger partial charge in [-0.1, -0.05) is 63.2 Å². The standard InChI is InChI=1S/C32H36ClFN6O/c1-7-27(41)38-16-20(3)39(17-19(38)2)30-21-15-23(33)29(28-24(34)12-10-13-25(28)35)37-31(21)40(18-36-30)26-14-9-8-11-22(26)32(4,5)6/h7-15,19-20H,1,16-18,35H2,2-6H3. The maximum Gasteiger partial charge on any atom is 0.246 e. The second-order valence-electron chi connectivity index (χ2n) is 11.8. The first-order valence-corrected chi connectivity index (χ1v) is 14.2. The predicted molar refractivity (Wildman–Crippen MR) is 165 cm³/mol. The van der Waals surface area contributed by atoms with Gasteiger partial charge >= 0.3 is 0 Å². The number of nitrogens with two attached hydrogens (primary N) is 1. The zero-order valence-electron chi connectivity index (χ0n) is 24.2. The molecule has 2 unspecified atom stereocenters. The van der Waals surface area contributed by atoms with E-state index in [-0.39, 0.29) is 45.4 Å². The Kier molecular flexibility index (Phi) is 7.55. The van der Waals surface area contributed by atoms with Crippen molar-refractivity contribution in [3.8, 4) is 11.3 Å². The minimum atomic E-state index is -0.490. The molecule has 2 aliphatic rings. The normalized spacial score (nSPS) is 19.1. The number of nitrogen functional groups attached to an aromatic ring is 1. The summed E-state index contributed by atoms with van der Waals surface area (Å²) in [6, 6.07) is 14.5. The number of amides is 1. The van der Waals surface area contributed by atoms with Crippen LogP contribution in [0.15, 0.2) is 66.2 Å². The topological polar surface area (TPSA) is 78.1 Å². The SMILES string of the molecule is C=CC(=O)N1CC(C)N(C2=NCN(c3ccccc3C(C)(C)C)c3nc(-c4c(N)cccc4F)c(Cl)cc32)CC1C. The van der Waals surface area contributed by atoms with Gasteiger partial charge in [0, 0.05) is 36.5 Å². The van der Waals surface area contributed by atoms with E-state index < -0.39 is 5.82 Å². The van der Waals surface area contributed by atoms with Crippen molar-refractivity contribution in [2.24, 2.45) is 4.99 Å². The summed E-state index contributed by atoms with van der Waals surface area (Å²) in [7, 11) is 0. The van der Waals surface area contributed by atoms with E-state index in [9.17, 15) is 4.79 Å². The van der Waals surface area contributed by atoms with Gasteiger partial charge in [-0.3, -0.25) is 4.79 Å². The van der Waals surface area contributed by atoms with Crippen LogP contribution < -0.4 is 10.6 Å². The number of carbonyl (C=O) groups excluding carboxylic acids is 1. The number of aromatic nitrogens is 1. The number of benzene rings is 2. The molecule has 7 nitrogen and oxygen atoms in total. The van der Waals surface area contributed by atoms with Gasteiger partial charge < -0.3 is 20.4 Å². The Hall–Kier alpha value is -3.91. The molecule has 9 heteroatoms. The molecule has 5 rings (SSSR count). The van der Waals surface area contributed by atoms with E-state index in [4.69, 9.17) is 27.3 Å². The van der Waals surface area contributed by atoms with Crippen LogP contribution in [0.1, 0.15) is 45.7 Å². The maximum atomic E-state index is 15.1. The predicted octanol–water partition coefficient (Wildman–Crippen LogP) is 6.38. The van der Waals surface area contributed by atoms with Crippen LogP contribution >= 0.6 is 11.6 Å². The summed E-state index contributed by atoms with van der Waals surface area (Å²) in [6.45, 7) is 15.7. The summed E-state index contributed by atoms with van der Waals surface area (Å²) >= 11 is 6.85. The summed E-state index contributed by atoms with van der Waals surface area (Å²) < 4.78 is 15.1. The molecule has 1 amide bonds. The Morgan fingerprint density at radius 2 is 1.85 bits per heavy atom. The van der Waals surface area contributed by atoms with Gasteiger partial charge in [0.25, 0.3) is 0 Å². The van der Waals surface area contributed by atoms with Crippen LogP contribution in [0.25, 0.3) is 11.3 Å². The molecule has 0 spiro atoms. The van der Waals surface area contributed by atoms with Gasteiger partial charge in [0.15, 0.2) is 0 Å². The second kappa shape index (κ2) is 10.8. The third-order valence-electron chi connectivity index (χ3n) is 7.82. The Morgan fingerprint density at radius 1 is 1.12 bits per heavy atom. The number of fused-ring (bicyclic) bond motifs is 1. The number of aliphatic imine (C=N–C) groups is 1. The van der Waals surface area contributed by atoms with Crippen LogP contribution in [0.3, 0.4) is 0 Å². The molecule has 1 fully saturated rings. The van der Waals surface area contributed by atoms with Crippen LogP contribution in [0.2, 0.25) is 5.02 Å². The largest absolute Gasteiger partial charge is 0.398 e. The van der Waals surface area contributed by atoms with Gasteiger partial charge in [-0.2, -0.15) is 0 Å². The molecule has 0 aliphatic carbocycles. The van der Waals surface area contributed by atoms with Crippen molar-refractivity contribution in [2.75, 3.05) is 30.4 Å². The molecule has 1 aromatic heterocycles. The summed E-state index contributed by atoms with van der Waals surface area (Å²) in [6.07, 6.45) is 1.36. The lowest BCUT2D eigenvalue weighted by atomic mass is 9.85. The van der Waals surface area contributed by atoms with Gasteiger partial charge in [0.1, 0.15) is 24.1 Å². The monoisotopic (exact) mass is 574 g/mol. The molecular formula is C32H36ClFN6O. The number of para-hydroxylation sites is 1. The third-order valence-corrected chi connectivity index (χ3v) is 8.10. The number of halogens is 2. The van der Waals surface area contributed by atoms with E-state index in [1.54, 1.807) is 12.1 Å². The highest BCUT2D eigenvalue weighted by molar-refractivity contribution is 6.34. The van der Waals surface area contributed by atoms with Crippen molar-refractivity contribution in [3.05, 3.63) is 83.2 Å². The quantitative estimate of drug-likeness (QED) is 0.290. The minimum absolute atomic E-state index is 0.0178. The van der Waals surface area contributed by atoms with E-state index in [0.717, 1.165) is 22.6 Å². The lowest BCUT2D eigenvalue weighted by Gasteiger charge is -2.46. The summed E-state index contributed by atoms with van der Waals surface area (Å²) in [5, 5.41) is 0.278. The Bertz CT molecular complexity index is 1530. The second-order valence-corrected chi connectivity index (χ2v) is 12.2. The van der Waals surface area contributed by atoms with Crippen LogP contribution in [-0.2, 0) is 10.2 Å². The highest BCUT2D eigenvalue weighted by Gasteiger charge is 2.37. The highest BCUT2D eigenvalue weighted by Crippen LogP contribution is 2.42. The smallest absolute Gasteiger partial charge is 0.246 e. The molecular weight excluding hydrogens is 539 g/mol. The fraction of sp³-hybridized carbons (Fsp3) is 0.344. The Labute approximate surface area is 246 Å². The summed E-state index contributed by atoms with van der Waals surface area (Å²) in [4.78, 5) is 28.7. The number of piperazine rings is 1. The summed E-state index contributed by atoms with van der Waals surface area (Å²) in [5.41, 5.74) is 9.63. The molecule has 214 valence electrons. The first kappa shape index (κ1) is 28.6. The average molecular weight is 575 g/mol. The number of carbonyl (C=O) groups is 1. The first-order valence-electron chi connectivity index (χ1n) is 13.8. The Morgan fingerprint density at radius 3 is 2.54 bits per heavy atom. The number of pyridine rings is 1. The third kappa shape index (κ3) is 5.17. The molecule has 2 aromatic carbocycles. The molecule has 0 bridgehead atoms. The molecule has 3 aromatic rings. The minimum Gasteiger partial charge on any atom is -0.398 e. The zero-order chi connectivity index (χ0) is 29.6. The highest BCUT2D eigenvalue weighted by atomic mass is 35.5. The van der Waals surface area contributed by atoms with Gasteiger partial charge in [-0.15, -0.1) is 0 Å². The van der Waals surface area contributed by atoms with Gasteiger partial charge in [0.2, 0.25) is 5.91 Å². The van der Waals surface area contributed by atoms with E-state index in [0.29, 0.717) is 25.6 Å². The molecule has 41 heavy (non-hydrogen) atoms. The fourth-order valence-corrected chi connectivity index (χ4v) is 5.98. The van der Waals surface area contributed by atoms with Crippen molar-refractivity contribution in [1.29, 1.82) is 0 Å². The Balaban J connectivity index is 1.68. The average Bonchev–Trinajstić information content (AvgIpc) is 2.93. The maximum absolute atomic E-state index is 15.1. The van der Waals surface area contributed by atoms with Crippen molar-refractivity contribution >= 4 is 40.5 Å². The van der Waals surface area contributed by atoms with Crippen molar-refractivity contribution in [1.82, 2.24) is 14.8 Å². The molecule has 1 saturated heterocycles. The van der Waals surface area contributed by atoms with Gasteiger partial charge in [-0.05, 0) is 55.2 Å². The van der Waals surface area contributed by atoms with Crippen molar-refractivity contribution in [3.63, 3.8) is 0 Å². The number of hydrogen-bond donors (Lipinski definition) is 1.